The molecule has 8 heteroatoms. The Morgan fingerprint density at radius 1 is 1.07 bits per heavy atom. The standard InChI is InChI=1S/C21H18ClN3O4/c1-13(24-25-20(26)17-12-15(22)8-9-18(17)28-2)14-5-3-6-16(11-14)23-21(27)19-7-4-10-29-19/h3-12H,1-2H3,(H,23,27)(H,25,26)/b24-13+. The fourth-order valence-corrected chi connectivity index (χ4v) is 2.71. The van der Waals surface area contributed by atoms with Gasteiger partial charge in [0, 0.05) is 10.7 Å². The fourth-order valence-electron chi connectivity index (χ4n) is 2.54. The minimum atomic E-state index is -0.453. The van der Waals surface area contributed by atoms with Gasteiger partial charge < -0.3 is 14.5 Å². The average molecular weight is 412 g/mol. The van der Waals surface area contributed by atoms with Gasteiger partial charge in [0.15, 0.2) is 5.76 Å². The molecule has 0 saturated heterocycles. The predicted molar refractivity (Wildman–Crippen MR) is 111 cm³/mol. The minimum absolute atomic E-state index is 0.212. The van der Waals surface area contributed by atoms with Crippen LogP contribution in [0.5, 0.6) is 5.75 Å². The second-order valence-corrected chi connectivity index (χ2v) is 6.43. The number of anilines is 1. The molecule has 0 fully saturated rings. The molecule has 0 aliphatic rings. The molecule has 3 aromatic rings. The van der Waals surface area contributed by atoms with E-state index in [4.69, 9.17) is 20.8 Å². The molecule has 148 valence electrons. The molecule has 0 bridgehead atoms. The third kappa shape index (κ3) is 5.03. The van der Waals surface area contributed by atoms with E-state index in [1.165, 1.54) is 19.4 Å². The third-order valence-corrected chi connectivity index (χ3v) is 4.25. The first-order valence-corrected chi connectivity index (χ1v) is 8.99. The molecule has 2 N–H and O–H groups in total. The van der Waals surface area contributed by atoms with Crippen molar-refractivity contribution in [1.29, 1.82) is 0 Å². The van der Waals surface area contributed by atoms with Crippen LogP contribution in [0.3, 0.4) is 0 Å². The van der Waals surface area contributed by atoms with E-state index in [-0.39, 0.29) is 17.2 Å². The maximum absolute atomic E-state index is 12.4. The number of carbonyl (C=O) groups is 2. The summed E-state index contributed by atoms with van der Waals surface area (Å²) in [5.41, 5.74) is 4.61. The van der Waals surface area contributed by atoms with Crippen LogP contribution >= 0.6 is 11.6 Å². The molecular formula is C21H18ClN3O4. The highest BCUT2D eigenvalue weighted by Gasteiger charge is 2.13. The minimum Gasteiger partial charge on any atom is -0.496 e. The molecule has 0 radical (unpaired) electrons. The molecule has 0 unspecified atom stereocenters. The Morgan fingerprint density at radius 2 is 1.90 bits per heavy atom. The van der Waals surface area contributed by atoms with E-state index in [1.807, 2.05) is 6.07 Å². The average Bonchev–Trinajstić information content (AvgIpc) is 3.27. The lowest BCUT2D eigenvalue weighted by Gasteiger charge is -2.09. The highest BCUT2D eigenvalue weighted by Crippen LogP contribution is 2.22. The summed E-state index contributed by atoms with van der Waals surface area (Å²) >= 11 is 5.96. The first kappa shape index (κ1) is 20.2. The van der Waals surface area contributed by atoms with Gasteiger partial charge in [0.05, 0.1) is 24.6 Å². The van der Waals surface area contributed by atoms with Crippen molar-refractivity contribution in [3.8, 4) is 5.75 Å². The molecular weight excluding hydrogens is 394 g/mol. The molecule has 1 aromatic heterocycles. The number of hydrogen-bond donors (Lipinski definition) is 2. The van der Waals surface area contributed by atoms with Gasteiger partial charge in [0.25, 0.3) is 11.8 Å². The van der Waals surface area contributed by atoms with E-state index in [0.717, 1.165) is 5.56 Å². The van der Waals surface area contributed by atoms with Crippen molar-refractivity contribution in [3.63, 3.8) is 0 Å². The van der Waals surface area contributed by atoms with Crippen molar-refractivity contribution in [1.82, 2.24) is 5.43 Å². The summed E-state index contributed by atoms with van der Waals surface area (Å²) in [6, 6.07) is 15.0. The maximum atomic E-state index is 12.4. The maximum Gasteiger partial charge on any atom is 0.291 e. The molecule has 1 heterocycles. The number of nitrogens with one attached hydrogen (secondary N) is 2. The van der Waals surface area contributed by atoms with Crippen LogP contribution in [0.15, 0.2) is 70.4 Å². The summed E-state index contributed by atoms with van der Waals surface area (Å²) in [5, 5.41) is 7.29. The lowest BCUT2D eigenvalue weighted by molar-refractivity contribution is 0.0950. The first-order valence-electron chi connectivity index (χ1n) is 8.61. The van der Waals surface area contributed by atoms with Crippen LogP contribution in [0.25, 0.3) is 0 Å². The molecule has 0 saturated carbocycles. The van der Waals surface area contributed by atoms with Gasteiger partial charge in [0.1, 0.15) is 5.75 Å². The second kappa shape index (κ2) is 9.07. The Bertz CT molecular complexity index is 1060. The molecule has 7 nitrogen and oxygen atoms in total. The highest BCUT2D eigenvalue weighted by molar-refractivity contribution is 6.31. The molecule has 2 amide bonds. The van der Waals surface area contributed by atoms with E-state index < -0.39 is 5.91 Å². The van der Waals surface area contributed by atoms with E-state index in [1.54, 1.807) is 49.4 Å². The van der Waals surface area contributed by atoms with Crippen molar-refractivity contribution in [3.05, 3.63) is 82.8 Å². The molecule has 0 spiro atoms. The van der Waals surface area contributed by atoms with Gasteiger partial charge in [-0.2, -0.15) is 5.10 Å². The summed E-state index contributed by atoms with van der Waals surface area (Å²) in [6.07, 6.45) is 1.43. The molecule has 0 aliphatic heterocycles. The number of hydrogen-bond acceptors (Lipinski definition) is 5. The Labute approximate surface area is 172 Å². The molecule has 2 aromatic carbocycles. The van der Waals surface area contributed by atoms with E-state index in [2.05, 4.69) is 15.8 Å². The number of furan rings is 1. The Kier molecular flexibility index (Phi) is 6.31. The second-order valence-electron chi connectivity index (χ2n) is 5.99. The quantitative estimate of drug-likeness (QED) is 0.466. The van der Waals surface area contributed by atoms with Crippen LogP contribution in [0.1, 0.15) is 33.4 Å². The lowest BCUT2D eigenvalue weighted by atomic mass is 10.1. The Hall–Kier alpha value is -3.58. The van der Waals surface area contributed by atoms with Crippen LogP contribution in [0.4, 0.5) is 5.69 Å². The van der Waals surface area contributed by atoms with Crippen LogP contribution in [-0.2, 0) is 0 Å². The zero-order valence-electron chi connectivity index (χ0n) is 15.7. The number of methoxy groups -OCH3 is 1. The van der Waals surface area contributed by atoms with Crippen LogP contribution < -0.4 is 15.5 Å². The molecule has 0 aliphatic carbocycles. The monoisotopic (exact) mass is 411 g/mol. The van der Waals surface area contributed by atoms with Gasteiger partial charge in [-0.05, 0) is 55.0 Å². The zero-order chi connectivity index (χ0) is 20.8. The number of carbonyl (C=O) groups excluding carboxylic acids is 2. The van der Waals surface area contributed by atoms with Crippen LogP contribution in [0, 0.1) is 0 Å². The van der Waals surface area contributed by atoms with Gasteiger partial charge in [-0.1, -0.05) is 23.7 Å². The van der Waals surface area contributed by atoms with E-state index in [0.29, 0.717) is 22.2 Å². The van der Waals surface area contributed by atoms with Crippen molar-refractivity contribution in [2.75, 3.05) is 12.4 Å². The SMILES string of the molecule is COc1ccc(Cl)cc1C(=O)N/N=C(\C)c1cccc(NC(=O)c2ccco2)c1. The van der Waals surface area contributed by atoms with Gasteiger partial charge in [-0.3, -0.25) is 9.59 Å². The lowest BCUT2D eigenvalue weighted by Crippen LogP contribution is -2.20. The summed E-state index contributed by atoms with van der Waals surface area (Å²) in [4.78, 5) is 24.5. The number of ether oxygens (including phenoxy) is 1. The number of hydrazone groups is 1. The largest absolute Gasteiger partial charge is 0.496 e. The van der Waals surface area contributed by atoms with Gasteiger partial charge in [-0.25, -0.2) is 5.43 Å². The summed E-state index contributed by atoms with van der Waals surface area (Å²) in [6.45, 7) is 1.74. The van der Waals surface area contributed by atoms with Crippen LogP contribution in [0.2, 0.25) is 5.02 Å². The van der Waals surface area contributed by atoms with Gasteiger partial charge >= 0.3 is 0 Å². The van der Waals surface area contributed by atoms with Gasteiger partial charge in [-0.15, -0.1) is 0 Å². The summed E-state index contributed by atoms with van der Waals surface area (Å²) < 4.78 is 10.3. The topological polar surface area (TPSA) is 92.9 Å². The number of benzene rings is 2. The highest BCUT2D eigenvalue weighted by atomic mass is 35.5. The van der Waals surface area contributed by atoms with E-state index >= 15 is 0 Å². The Balaban J connectivity index is 1.72. The van der Waals surface area contributed by atoms with Gasteiger partial charge in [0.2, 0.25) is 0 Å². The van der Waals surface area contributed by atoms with Crippen molar-refractivity contribution >= 4 is 34.8 Å². The fraction of sp³-hybridized carbons (Fsp3) is 0.0952. The first-order chi connectivity index (χ1) is 14.0. The van der Waals surface area contributed by atoms with Crippen molar-refractivity contribution in [2.24, 2.45) is 5.10 Å². The summed E-state index contributed by atoms with van der Waals surface area (Å²) in [5.74, 6) is -0.208. The smallest absolute Gasteiger partial charge is 0.291 e. The zero-order valence-corrected chi connectivity index (χ0v) is 16.5. The molecule has 0 atom stereocenters. The Morgan fingerprint density at radius 3 is 2.62 bits per heavy atom. The third-order valence-electron chi connectivity index (χ3n) is 4.01. The number of nitrogens with zero attached hydrogens (tertiary/aromatic N) is 1. The van der Waals surface area contributed by atoms with E-state index in [9.17, 15) is 9.59 Å². The molecule has 3 rings (SSSR count). The van der Waals surface area contributed by atoms with Crippen molar-refractivity contribution < 1.29 is 18.7 Å². The number of amides is 2. The summed E-state index contributed by atoms with van der Waals surface area (Å²) in [7, 11) is 1.47. The molecule has 29 heavy (non-hydrogen) atoms. The number of halogens is 1. The number of rotatable bonds is 6. The predicted octanol–water partition coefficient (Wildman–Crippen LogP) is 4.35. The normalized spacial score (nSPS) is 11.1. The van der Waals surface area contributed by atoms with Crippen molar-refractivity contribution in [2.45, 2.75) is 6.92 Å². The van der Waals surface area contributed by atoms with Crippen LogP contribution in [-0.4, -0.2) is 24.6 Å².